The van der Waals surface area contributed by atoms with E-state index in [1.165, 1.54) is 32.1 Å². The first-order chi connectivity index (χ1) is 8.42. The number of hydrogen-bond acceptors (Lipinski definition) is 1. The average Bonchev–Trinajstić information content (AvgIpc) is 2.26. The molecule has 0 spiro atoms. The van der Waals surface area contributed by atoms with Gasteiger partial charge < -0.3 is 5.11 Å². The predicted octanol–water partition coefficient (Wildman–Crippen LogP) is 3.81. The SMILES string of the molecule is CC(C)C(C)(C(=O)O)C1C2CC3CC(C2)CC1C3. The molecule has 2 nitrogen and oxygen atoms in total. The fourth-order valence-electron chi connectivity index (χ4n) is 5.68. The van der Waals surface area contributed by atoms with E-state index in [4.69, 9.17) is 0 Å². The van der Waals surface area contributed by atoms with Gasteiger partial charge in [-0.15, -0.1) is 0 Å². The van der Waals surface area contributed by atoms with Crippen LogP contribution in [0.5, 0.6) is 0 Å². The molecule has 0 aromatic heterocycles. The highest BCUT2D eigenvalue weighted by Gasteiger charge is 2.57. The minimum Gasteiger partial charge on any atom is -0.481 e. The Bertz CT molecular complexity index is 332. The van der Waals surface area contributed by atoms with Crippen molar-refractivity contribution in [2.75, 3.05) is 0 Å². The summed E-state index contributed by atoms with van der Waals surface area (Å²) < 4.78 is 0. The fourth-order valence-corrected chi connectivity index (χ4v) is 5.68. The lowest BCUT2D eigenvalue weighted by molar-refractivity contribution is -0.170. The van der Waals surface area contributed by atoms with Gasteiger partial charge in [0.05, 0.1) is 5.41 Å². The van der Waals surface area contributed by atoms with Gasteiger partial charge in [-0.1, -0.05) is 13.8 Å². The summed E-state index contributed by atoms with van der Waals surface area (Å²) in [7, 11) is 0. The van der Waals surface area contributed by atoms with E-state index in [-0.39, 0.29) is 5.92 Å². The third kappa shape index (κ3) is 1.57. The van der Waals surface area contributed by atoms with Crippen LogP contribution >= 0.6 is 0 Å². The van der Waals surface area contributed by atoms with E-state index in [2.05, 4.69) is 13.8 Å². The summed E-state index contributed by atoms with van der Waals surface area (Å²) in [6.45, 7) is 6.21. The van der Waals surface area contributed by atoms with Crippen molar-refractivity contribution in [2.24, 2.45) is 40.9 Å². The molecule has 2 heteroatoms. The second-order valence-electron chi connectivity index (χ2n) is 7.70. The van der Waals surface area contributed by atoms with Gasteiger partial charge >= 0.3 is 5.97 Å². The monoisotopic (exact) mass is 250 g/mol. The number of rotatable bonds is 3. The molecule has 0 heterocycles. The van der Waals surface area contributed by atoms with Gasteiger partial charge in [0.1, 0.15) is 0 Å². The van der Waals surface area contributed by atoms with Crippen LogP contribution < -0.4 is 0 Å². The van der Waals surface area contributed by atoms with Gasteiger partial charge in [-0.05, 0) is 74.5 Å². The number of hydrogen-bond donors (Lipinski definition) is 1. The molecule has 0 aromatic rings. The fraction of sp³-hybridized carbons (Fsp3) is 0.938. The Balaban J connectivity index is 1.94. The molecule has 1 atom stereocenters. The zero-order valence-corrected chi connectivity index (χ0v) is 11.9. The predicted molar refractivity (Wildman–Crippen MR) is 71.1 cm³/mol. The van der Waals surface area contributed by atoms with Crippen molar-refractivity contribution in [3.63, 3.8) is 0 Å². The van der Waals surface area contributed by atoms with Gasteiger partial charge in [0.2, 0.25) is 0 Å². The summed E-state index contributed by atoms with van der Waals surface area (Å²) >= 11 is 0. The number of carboxylic acid groups (broad SMARTS) is 1. The van der Waals surface area contributed by atoms with E-state index >= 15 is 0 Å². The minimum absolute atomic E-state index is 0.234. The van der Waals surface area contributed by atoms with Gasteiger partial charge in [0, 0.05) is 0 Å². The molecule has 4 aliphatic carbocycles. The van der Waals surface area contributed by atoms with E-state index in [0.717, 1.165) is 11.8 Å². The molecule has 0 aliphatic heterocycles. The molecule has 1 N–H and O–H groups in total. The molecule has 0 saturated heterocycles. The Hall–Kier alpha value is -0.530. The van der Waals surface area contributed by atoms with Crippen molar-refractivity contribution < 1.29 is 9.90 Å². The molecule has 0 radical (unpaired) electrons. The summed E-state index contributed by atoms with van der Waals surface area (Å²) in [6, 6.07) is 0. The Morgan fingerprint density at radius 1 is 1.06 bits per heavy atom. The van der Waals surface area contributed by atoms with Gasteiger partial charge in [-0.25, -0.2) is 0 Å². The zero-order chi connectivity index (χ0) is 13.1. The Morgan fingerprint density at radius 3 is 1.83 bits per heavy atom. The maximum atomic E-state index is 11.9. The summed E-state index contributed by atoms with van der Waals surface area (Å²) in [5.41, 5.74) is -0.511. The van der Waals surface area contributed by atoms with Crippen LogP contribution in [-0.2, 0) is 4.79 Å². The van der Waals surface area contributed by atoms with Crippen LogP contribution in [0.3, 0.4) is 0 Å². The highest BCUT2D eigenvalue weighted by atomic mass is 16.4. The lowest BCUT2D eigenvalue weighted by Crippen LogP contribution is -2.55. The molecule has 1 unspecified atom stereocenters. The summed E-state index contributed by atoms with van der Waals surface area (Å²) in [6.07, 6.45) is 6.69. The molecular formula is C16H26O2. The Morgan fingerprint density at radius 2 is 1.50 bits per heavy atom. The molecule has 4 rings (SSSR count). The lowest BCUT2D eigenvalue weighted by atomic mass is 9.45. The van der Waals surface area contributed by atoms with Crippen molar-refractivity contribution in [3.05, 3.63) is 0 Å². The van der Waals surface area contributed by atoms with Gasteiger partial charge in [-0.2, -0.15) is 0 Å². The van der Waals surface area contributed by atoms with E-state index < -0.39 is 11.4 Å². The van der Waals surface area contributed by atoms with Crippen molar-refractivity contribution in [1.82, 2.24) is 0 Å². The molecule has 4 aliphatic rings. The zero-order valence-electron chi connectivity index (χ0n) is 11.9. The summed E-state index contributed by atoms with van der Waals surface area (Å²) in [5, 5.41) is 9.79. The summed E-state index contributed by atoms with van der Waals surface area (Å²) in [5.74, 6) is 3.35. The summed E-state index contributed by atoms with van der Waals surface area (Å²) in [4.78, 5) is 11.9. The van der Waals surface area contributed by atoms with Crippen LogP contribution in [0.1, 0.15) is 52.9 Å². The number of carbonyl (C=O) groups is 1. The number of carboxylic acids is 1. The van der Waals surface area contributed by atoms with Gasteiger partial charge in [-0.3, -0.25) is 4.79 Å². The second-order valence-corrected chi connectivity index (χ2v) is 7.70. The lowest BCUT2D eigenvalue weighted by Gasteiger charge is -2.59. The molecule has 0 aromatic carbocycles. The van der Waals surface area contributed by atoms with Crippen molar-refractivity contribution in [3.8, 4) is 0 Å². The maximum absolute atomic E-state index is 11.9. The Labute approximate surface area is 110 Å². The molecule has 4 saturated carbocycles. The van der Waals surface area contributed by atoms with E-state index in [1.807, 2.05) is 6.92 Å². The highest BCUT2D eigenvalue weighted by molar-refractivity contribution is 5.75. The molecule has 0 amide bonds. The van der Waals surface area contributed by atoms with Crippen LogP contribution in [0.15, 0.2) is 0 Å². The molecule has 4 bridgehead atoms. The third-order valence-corrected chi connectivity index (χ3v) is 6.58. The quantitative estimate of drug-likeness (QED) is 0.827. The second kappa shape index (κ2) is 3.98. The maximum Gasteiger partial charge on any atom is 0.309 e. The molecular weight excluding hydrogens is 224 g/mol. The minimum atomic E-state index is -0.560. The van der Waals surface area contributed by atoms with Gasteiger partial charge in [0.25, 0.3) is 0 Å². The largest absolute Gasteiger partial charge is 0.481 e. The molecule has 102 valence electrons. The topological polar surface area (TPSA) is 37.3 Å². The van der Waals surface area contributed by atoms with Crippen LogP contribution in [0, 0.1) is 40.9 Å². The van der Waals surface area contributed by atoms with E-state index in [0.29, 0.717) is 17.8 Å². The van der Waals surface area contributed by atoms with Crippen molar-refractivity contribution in [1.29, 1.82) is 0 Å². The first kappa shape index (κ1) is 12.5. The Kier molecular flexibility index (Phi) is 2.76. The first-order valence-electron chi connectivity index (χ1n) is 7.66. The average molecular weight is 250 g/mol. The number of aliphatic carboxylic acids is 1. The van der Waals surface area contributed by atoms with Crippen LogP contribution in [0.25, 0.3) is 0 Å². The van der Waals surface area contributed by atoms with Crippen molar-refractivity contribution >= 4 is 5.97 Å². The van der Waals surface area contributed by atoms with Crippen LogP contribution in [-0.4, -0.2) is 11.1 Å². The van der Waals surface area contributed by atoms with E-state index in [1.54, 1.807) is 0 Å². The first-order valence-corrected chi connectivity index (χ1v) is 7.66. The normalized spacial score (nSPS) is 45.2. The van der Waals surface area contributed by atoms with E-state index in [9.17, 15) is 9.90 Å². The van der Waals surface area contributed by atoms with Gasteiger partial charge in [0.15, 0.2) is 0 Å². The smallest absolute Gasteiger partial charge is 0.309 e. The van der Waals surface area contributed by atoms with Crippen LogP contribution in [0.2, 0.25) is 0 Å². The molecule has 4 fully saturated rings. The van der Waals surface area contributed by atoms with Crippen LogP contribution in [0.4, 0.5) is 0 Å². The highest BCUT2D eigenvalue weighted by Crippen LogP contribution is 2.62. The standard InChI is InChI=1S/C16H26O2/c1-9(2)16(3,15(17)18)14-12-5-10-4-11(7-12)8-13(14)6-10/h9-14H,4-8H2,1-3H3,(H,17,18). The third-order valence-electron chi connectivity index (χ3n) is 6.58. The molecule has 18 heavy (non-hydrogen) atoms. The van der Waals surface area contributed by atoms with Crippen molar-refractivity contribution in [2.45, 2.75) is 52.9 Å².